The lowest BCUT2D eigenvalue weighted by Gasteiger charge is -2.25. The predicted octanol–water partition coefficient (Wildman–Crippen LogP) is 2.88. The maximum atomic E-state index is 15.0. The zero-order valence-corrected chi connectivity index (χ0v) is 15.4. The predicted molar refractivity (Wildman–Crippen MR) is 101 cm³/mol. The van der Waals surface area contributed by atoms with Crippen molar-refractivity contribution >= 4 is 11.3 Å². The molecule has 8 heteroatoms. The van der Waals surface area contributed by atoms with Gasteiger partial charge in [0.05, 0.1) is 23.4 Å². The van der Waals surface area contributed by atoms with Gasteiger partial charge in [0.2, 0.25) is 5.82 Å². The number of halogens is 1. The number of hydrogen-bond acceptors (Lipinski definition) is 6. The number of nitrogens with zero attached hydrogens (tertiary/aromatic N) is 4. The average Bonchev–Trinajstić information content (AvgIpc) is 3.09. The van der Waals surface area contributed by atoms with E-state index >= 15 is 0 Å². The van der Waals surface area contributed by atoms with Gasteiger partial charge in [0, 0.05) is 18.8 Å². The first-order valence-electron chi connectivity index (χ1n) is 9.26. The van der Waals surface area contributed by atoms with E-state index in [4.69, 9.17) is 4.74 Å². The Balaban J connectivity index is 1.77. The summed E-state index contributed by atoms with van der Waals surface area (Å²) in [7, 11) is 0. The highest BCUT2D eigenvalue weighted by atomic mass is 19.1. The molecule has 4 heterocycles. The summed E-state index contributed by atoms with van der Waals surface area (Å²) in [5, 5.41) is 10.9. The van der Waals surface area contributed by atoms with Crippen molar-refractivity contribution in [1.82, 2.24) is 24.9 Å². The van der Waals surface area contributed by atoms with Crippen LogP contribution in [0.25, 0.3) is 16.9 Å². The van der Waals surface area contributed by atoms with Crippen molar-refractivity contribution in [3.8, 4) is 17.3 Å². The number of ether oxygens (including phenoxy) is 1. The minimum absolute atomic E-state index is 0.0449. The van der Waals surface area contributed by atoms with Crippen LogP contribution in [0.1, 0.15) is 26.7 Å². The summed E-state index contributed by atoms with van der Waals surface area (Å²) >= 11 is 0. The van der Waals surface area contributed by atoms with E-state index in [2.05, 4.69) is 25.7 Å². The Kier molecular flexibility index (Phi) is 4.89. The number of pyridine rings is 1. The van der Waals surface area contributed by atoms with Gasteiger partial charge in [-0.2, -0.15) is 14.5 Å². The van der Waals surface area contributed by atoms with Crippen molar-refractivity contribution in [1.29, 1.82) is 0 Å². The number of nitrogens with one attached hydrogen (secondary N) is 2. The van der Waals surface area contributed by atoms with Crippen LogP contribution in [-0.4, -0.2) is 44.8 Å². The van der Waals surface area contributed by atoms with Crippen LogP contribution >= 0.6 is 0 Å². The lowest BCUT2D eigenvalue weighted by atomic mass is 10.1. The second-order valence-electron chi connectivity index (χ2n) is 6.96. The van der Waals surface area contributed by atoms with Gasteiger partial charge < -0.3 is 15.4 Å². The first-order chi connectivity index (χ1) is 13.1. The molecule has 1 aliphatic heterocycles. The molecule has 1 fully saturated rings. The lowest BCUT2D eigenvalue weighted by Crippen LogP contribution is -2.38. The van der Waals surface area contributed by atoms with E-state index in [1.807, 2.05) is 38.2 Å². The minimum atomic E-state index is -0.561. The molecule has 3 aromatic rings. The Morgan fingerprint density at radius 2 is 2.22 bits per heavy atom. The van der Waals surface area contributed by atoms with Crippen LogP contribution in [0.4, 0.5) is 10.2 Å². The molecule has 0 aliphatic carbocycles. The molecule has 0 amide bonds. The van der Waals surface area contributed by atoms with Gasteiger partial charge >= 0.3 is 0 Å². The maximum Gasteiger partial charge on any atom is 0.256 e. The van der Waals surface area contributed by atoms with Gasteiger partial charge in [0.1, 0.15) is 0 Å². The molecule has 1 saturated heterocycles. The summed E-state index contributed by atoms with van der Waals surface area (Å²) in [5.74, 6) is -0.0507. The highest BCUT2D eigenvalue weighted by molar-refractivity contribution is 5.76. The topological polar surface area (TPSA) is 76.4 Å². The van der Waals surface area contributed by atoms with Crippen LogP contribution < -0.4 is 15.4 Å². The SMILES string of the molecule is CC(C)Oc1nc(-c2cnn3ccccc23)nc(N[C@@H]2CCCNC2)c1F. The van der Waals surface area contributed by atoms with Crippen LogP contribution in [0.3, 0.4) is 0 Å². The second-order valence-corrected chi connectivity index (χ2v) is 6.96. The van der Waals surface area contributed by atoms with Gasteiger partial charge in [-0.15, -0.1) is 0 Å². The van der Waals surface area contributed by atoms with E-state index in [0.717, 1.165) is 37.0 Å². The quantitative estimate of drug-likeness (QED) is 0.719. The van der Waals surface area contributed by atoms with Crippen molar-refractivity contribution in [2.24, 2.45) is 0 Å². The fourth-order valence-corrected chi connectivity index (χ4v) is 3.22. The monoisotopic (exact) mass is 370 g/mol. The van der Waals surface area contributed by atoms with E-state index in [1.165, 1.54) is 0 Å². The number of fused-ring (bicyclic) bond motifs is 1. The highest BCUT2D eigenvalue weighted by Gasteiger charge is 2.22. The molecule has 2 N–H and O–H groups in total. The smallest absolute Gasteiger partial charge is 0.256 e. The summed E-state index contributed by atoms with van der Waals surface area (Å²) in [6, 6.07) is 5.86. The molecule has 3 aromatic heterocycles. The number of piperidine rings is 1. The first-order valence-corrected chi connectivity index (χ1v) is 9.26. The molecule has 0 saturated carbocycles. The van der Waals surface area contributed by atoms with E-state index in [0.29, 0.717) is 5.82 Å². The summed E-state index contributed by atoms with van der Waals surface area (Å²) < 4.78 is 22.3. The largest absolute Gasteiger partial charge is 0.473 e. The van der Waals surface area contributed by atoms with Crippen LogP contribution in [0, 0.1) is 5.82 Å². The Labute approximate surface area is 157 Å². The lowest BCUT2D eigenvalue weighted by molar-refractivity contribution is 0.220. The summed E-state index contributed by atoms with van der Waals surface area (Å²) in [5.41, 5.74) is 1.58. The summed E-state index contributed by atoms with van der Waals surface area (Å²) in [4.78, 5) is 8.81. The Hall–Kier alpha value is -2.74. The maximum absolute atomic E-state index is 15.0. The standard InChI is InChI=1S/C19H23FN6O/c1-12(2)27-19-16(20)18(23-13-6-5-8-21-10-13)24-17(25-19)14-11-22-26-9-4-3-7-15(14)26/h3-4,7,9,11-13,21H,5-6,8,10H2,1-2H3,(H,23,24,25)/t13-/m1/s1. The molecule has 0 spiro atoms. The number of hydrogen-bond donors (Lipinski definition) is 2. The highest BCUT2D eigenvalue weighted by Crippen LogP contribution is 2.29. The minimum Gasteiger partial charge on any atom is -0.473 e. The molecule has 4 rings (SSSR count). The molecule has 1 atom stereocenters. The molecule has 27 heavy (non-hydrogen) atoms. The fraction of sp³-hybridized carbons (Fsp3) is 0.421. The van der Waals surface area contributed by atoms with Crippen LogP contribution in [0.2, 0.25) is 0 Å². The van der Waals surface area contributed by atoms with Crippen LogP contribution in [0.15, 0.2) is 30.6 Å². The molecule has 0 bridgehead atoms. The van der Waals surface area contributed by atoms with Crippen molar-refractivity contribution in [3.05, 3.63) is 36.4 Å². The zero-order valence-electron chi connectivity index (χ0n) is 15.4. The van der Waals surface area contributed by atoms with Crippen LogP contribution in [-0.2, 0) is 0 Å². The van der Waals surface area contributed by atoms with Crippen molar-refractivity contribution in [2.75, 3.05) is 18.4 Å². The third-order valence-corrected chi connectivity index (χ3v) is 4.47. The van der Waals surface area contributed by atoms with Crippen molar-refractivity contribution in [3.63, 3.8) is 0 Å². The Bertz CT molecular complexity index is 935. The van der Waals surface area contributed by atoms with E-state index in [9.17, 15) is 4.39 Å². The van der Waals surface area contributed by atoms with E-state index < -0.39 is 5.82 Å². The fourth-order valence-electron chi connectivity index (χ4n) is 3.22. The summed E-state index contributed by atoms with van der Waals surface area (Å²) in [6.45, 7) is 5.44. The third-order valence-electron chi connectivity index (χ3n) is 4.47. The third kappa shape index (κ3) is 3.71. The number of anilines is 1. The zero-order chi connectivity index (χ0) is 18.8. The van der Waals surface area contributed by atoms with E-state index in [-0.39, 0.29) is 23.8 Å². The van der Waals surface area contributed by atoms with E-state index in [1.54, 1.807) is 10.7 Å². The van der Waals surface area contributed by atoms with Crippen LogP contribution in [0.5, 0.6) is 5.88 Å². The first kappa shape index (κ1) is 17.7. The molecule has 1 aliphatic rings. The normalized spacial score (nSPS) is 17.4. The average molecular weight is 370 g/mol. The van der Waals surface area contributed by atoms with Crippen molar-refractivity contribution in [2.45, 2.75) is 38.8 Å². The number of rotatable bonds is 5. The molecule has 0 aromatic carbocycles. The Morgan fingerprint density at radius 1 is 1.33 bits per heavy atom. The molecule has 7 nitrogen and oxygen atoms in total. The van der Waals surface area contributed by atoms with Gasteiger partial charge in [-0.25, -0.2) is 9.50 Å². The molecule has 0 radical (unpaired) electrons. The molecule has 0 unspecified atom stereocenters. The second kappa shape index (κ2) is 7.48. The summed E-state index contributed by atoms with van der Waals surface area (Å²) in [6.07, 6.45) is 5.34. The van der Waals surface area contributed by atoms with Gasteiger partial charge in [-0.1, -0.05) is 6.07 Å². The van der Waals surface area contributed by atoms with Crippen molar-refractivity contribution < 1.29 is 9.13 Å². The van der Waals surface area contributed by atoms with Gasteiger partial charge in [-0.3, -0.25) is 0 Å². The molecular formula is C19H23FN6O. The molecular weight excluding hydrogens is 347 g/mol. The van der Waals surface area contributed by atoms with Gasteiger partial charge in [0.15, 0.2) is 11.6 Å². The number of aromatic nitrogens is 4. The van der Waals surface area contributed by atoms with Gasteiger partial charge in [-0.05, 0) is 45.4 Å². The Morgan fingerprint density at radius 3 is 3.00 bits per heavy atom. The molecule has 142 valence electrons. The van der Waals surface area contributed by atoms with Gasteiger partial charge in [0.25, 0.3) is 5.88 Å².